The van der Waals surface area contributed by atoms with Crippen LogP contribution in [0.2, 0.25) is 0 Å². The zero-order chi connectivity index (χ0) is 45.2. The first-order valence-electron chi connectivity index (χ1n) is 23.5. The highest BCUT2D eigenvalue weighted by molar-refractivity contribution is 6.11. The zero-order valence-corrected chi connectivity index (χ0v) is 37.6. The lowest BCUT2D eigenvalue weighted by Gasteiger charge is -2.31. The maximum Gasteiger partial charge on any atom is 0.143 e. The van der Waals surface area contributed by atoms with Crippen LogP contribution in [0.3, 0.4) is 0 Å². The molecule has 1 aromatic heterocycles. The predicted octanol–water partition coefficient (Wildman–Crippen LogP) is 18.2. The smallest absolute Gasteiger partial charge is 0.143 e. The first-order chi connectivity index (χ1) is 33.6. The molecule has 0 bridgehead atoms. The average Bonchev–Trinajstić information content (AvgIpc) is 3.92. The Kier molecular flexibility index (Phi) is 9.33. The summed E-state index contributed by atoms with van der Waals surface area (Å²) in [6.45, 7) is 2.40. The number of anilines is 3. The van der Waals surface area contributed by atoms with E-state index in [-0.39, 0.29) is 5.41 Å². The maximum absolute atomic E-state index is 6.55. The molecule has 0 radical (unpaired) electrons. The Balaban J connectivity index is 1.03. The molecule has 0 spiro atoms. The summed E-state index contributed by atoms with van der Waals surface area (Å²) >= 11 is 0. The Hall–Kier alpha value is -8.72. The molecule has 0 fully saturated rings. The third-order valence-corrected chi connectivity index (χ3v) is 14.4. The highest BCUT2D eigenvalue weighted by Crippen LogP contribution is 2.54. The van der Waals surface area contributed by atoms with Gasteiger partial charge in [-0.25, -0.2) is 0 Å². The van der Waals surface area contributed by atoms with Crippen molar-refractivity contribution in [3.8, 4) is 55.6 Å². The van der Waals surface area contributed by atoms with Gasteiger partial charge in [0.2, 0.25) is 0 Å². The van der Waals surface area contributed by atoms with Crippen molar-refractivity contribution in [2.24, 2.45) is 0 Å². The molecule has 2 heteroatoms. The van der Waals surface area contributed by atoms with Crippen LogP contribution in [0.25, 0.3) is 88.3 Å². The van der Waals surface area contributed by atoms with E-state index in [4.69, 9.17) is 4.42 Å². The molecular formula is C66H45NO. The number of fused-ring (bicyclic) bond motifs is 7. The van der Waals surface area contributed by atoms with Crippen molar-refractivity contribution in [3.63, 3.8) is 0 Å². The zero-order valence-electron chi connectivity index (χ0n) is 37.6. The summed E-state index contributed by atoms with van der Waals surface area (Å²) in [5.41, 5.74) is 20.5. The number of hydrogen-bond acceptors (Lipinski definition) is 2. The second-order valence-electron chi connectivity index (χ2n) is 18.1. The lowest BCUT2D eigenvalue weighted by molar-refractivity contribution is 0.670. The fourth-order valence-corrected chi connectivity index (χ4v) is 11.1. The molecule has 0 aliphatic heterocycles. The van der Waals surface area contributed by atoms with E-state index in [0.717, 1.165) is 61.3 Å². The minimum atomic E-state index is -0.326. The molecule has 12 aromatic rings. The molecule has 1 aliphatic carbocycles. The van der Waals surface area contributed by atoms with E-state index in [1.165, 1.54) is 60.8 Å². The first kappa shape index (κ1) is 39.6. The number of furan rings is 1. The van der Waals surface area contributed by atoms with Gasteiger partial charge in [-0.2, -0.15) is 0 Å². The van der Waals surface area contributed by atoms with Gasteiger partial charge in [-0.05, 0) is 110 Å². The fourth-order valence-electron chi connectivity index (χ4n) is 11.1. The molecular weight excluding hydrogens is 823 g/mol. The van der Waals surface area contributed by atoms with Gasteiger partial charge in [0.15, 0.2) is 0 Å². The summed E-state index contributed by atoms with van der Waals surface area (Å²) in [4.78, 5) is 2.47. The third-order valence-electron chi connectivity index (χ3n) is 14.4. The summed E-state index contributed by atoms with van der Waals surface area (Å²) in [5, 5.41) is 4.69. The van der Waals surface area contributed by atoms with E-state index in [2.05, 4.69) is 261 Å². The maximum atomic E-state index is 6.55. The summed E-state index contributed by atoms with van der Waals surface area (Å²) in [7, 11) is 0. The van der Waals surface area contributed by atoms with Crippen LogP contribution >= 0.6 is 0 Å². The monoisotopic (exact) mass is 867 g/mol. The summed E-state index contributed by atoms with van der Waals surface area (Å²) in [6, 6.07) is 92.9. The largest absolute Gasteiger partial charge is 0.455 e. The molecule has 13 rings (SSSR count). The van der Waals surface area contributed by atoms with E-state index in [0.29, 0.717) is 0 Å². The van der Waals surface area contributed by atoms with E-state index in [9.17, 15) is 0 Å². The van der Waals surface area contributed by atoms with Crippen molar-refractivity contribution in [1.29, 1.82) is 0 Å². The standard InChI is InChI=1S/C66H45NO/c1-66(48-23-6-3-7-24-48)59-33-12-8-26-53(59)54-42-39-47(43-60(54)66)50-25-9-13-34-61(50)67(49-40-37-45(38-41-49)52-30-18-32-58-56-28-11-15-36-63(56)68-65(52)58)62-35-14-10-27-55(62)57-31-17-22-46-21-16-29-51(64(46)57)44-19-4-2-5-20-44/h2-43H,1H3. The quantitative estimate of drug-likeness (QED) is 0.151. The summed E-state index contributed by atoms with van der Waals surface area (Å²) in [6.07, 6.45) is 0. The molecule has 1 aliphatic rings. The summed E-state index contributed by atoms with van der Waals surface area (Å²) in [5.74, 6) is 0. The van der Waals surface area contributed by atoms with Gasteiger partial charge in [0.25, 0.3) is 0 Å². The lowest BCUT2D eigenvalue weighted by Crippen LogP contribution is -2.22. The molecule has 0 amide bonds. The van der Waals surface area contributed by atoms with Crippen LogP contribution < -0.4 is 4.90 Å². The van der Waals surface area contributed by atoms with Crippen LogP contribution in [0.5, 0.6) is 0 Å². The molecule has 2 nitrogen and oxygen atoms in total. The Morgan fingerprint density at radius 2 is 0.897 bits per heavy atom. The Bertz CT molecular complexity index is 3860. The van der Waals surface area contributed by atoms with E-state index < -0.39 is 0 Å². The summed E-state index contributed by atoms with van der Waals surface area (Å²) < 4.78 is 6.55. The van der Waals surface area contributed by atoms with E-state index in [1.54, 1.807) is 0 Å². The van der Waals surface area contributed by atoms with Gasteiger partial charge >= 0.3 is 0 Å². The molecule has 0 saturated heterocycles. The number of rotatable bonds is 8. The van der Waals surface area contributed by atoms with Crippen LogP contribution in [0.1, 0.15) is 23.6 Å². The van der Waals surface area contributed by atoms with Gasteiger partial charge in [-0.3, -0.25) is 0 Å². The van der Waals surface area contributed by atoms with Gasteiger partial charge in [0.1, 0.15) is 11.2 Å². The molecule has 1 heterocycles. The normalized spacial score (nSPS) is 14.0. The lowest BCUT2D eigenvalue weighted by atomic mass is 9.74. The molecule has 1 atom stereocenters. The van der Waals surface area contributed by atoms with Gasteiger partial charge in [-0.1, -0.05) is 218 Å². The van der Waals surface area contributed by atoms with Crippen LogP contribution in [0.4, 0.5) is 17.1 Å². The molecule has 0 N–H and O–H groups in total. The number of nitrogens with zero attached hydrogens (tertiary/aromatic N) is 1. The van der Waals surface area contributed by atoms with E-state index >= 15 is 0 Å². The van der Waals surface area contributed by atoms with Crippen LogP contribution in [0, 0.1) is 0 Å². The molecule has 320 valence electrons. The number of benzene rings is 11. The van der Waals surface area contributed by atoms with Gasteiger partial charge < -0.3 is 9.32 Å². The van der Waals surface area contributed by atoms with Gasteiger partial charge in [0, 0.05) is 38.6 Å². The SMILES string of the molecule is CC1(c2ccccc2)c2ccccc2-c2ccc(-c3ccccc3N(c3ccc(-c4cccc5c4oc4ccccc45)cc3)c3ccccc3-c3cccc4cccc(-c5ccccc5)c34)cc21. The van der Waals surface area contributed by atoms with Crippen molar-refractivity contribution < 1.29 is 4.42 Å². The predicted molar refractivity (Wildman–Crippen MR) is 285 cm³/mol. The topological polar surface area (TPSA) is 16.4 Å². The van der Waals surface area contributed by atoms with Crippen LogP contribution in [-0.2, 0) is 5.41 Å². The third kappa shape index (κ3) is 6.26. The highest BCUT2D eigenvalue weighted by Gasteiger charge is 2.41. The fraction of sp³-hybridized carbons (Fsp3) is 0.0303. The first-order valence-corrected chi connectivity index (χ1v) is 23.5. The Morgan fingerprint density at radius 1 is 0.353 bits per heavy atom. The number of hydrogen-bond donors (Lipinski definition) is 0. The van der Waals surface area contributed by atoms with Crippen molar-refractivity contribution >= 4 is 49.8 Å². The molecule has 11 aromatic carbocycles. The number of para-hydroxylation sites is 4. The Labute approximate surface area is 396 Å². The van der Waals surface area contributed by atoms with Gasteiger partial charge in [0.05, 0.1) is 11.4 Å². The average molecular weight is 868 g/mol. The second-order valence-corrected chi connectivity index (χ2v) is 18.1. The van der Waals surface area contributed by atoms with Crippen LogP contribution in [-0.4, -0.2) is 0 Å². The minimum Gasteiger partial charge on any atom is -0.455 e. The van der Waals surface area contributed by atoms with Crippen molar-refractivity contribution in [3.05, 3.63) is 271 Å². The highest BCUT2D eigenvalue weighted by atomic mass is 16.3. The minimum absolute atomic E-state index is 0.326. The van der Waals surface area contributed by atoms with Gasteiger partial charge in [-0.15, -0.1) is 0 Å². The second kappa shape index (κ2) is 16.0. The van der Waals surface area contributed by atoms with Crippen LogP contribution in [0.15, 0.2) is 259 Å². The van der Waals surface area contributed by atoms with Crippen molar-refractivity contribution in [2.75, 3.05) is 4.90 Å². The Morgan fingerprint density at radius 3 is 1.69 bits per heavy atom. The van der Waals surface area contributed by atoms with E-state index in [1.807, 2.05) is 6.07 Å². The molecule has 1 unspecified atom stereocenters. The molecule has 0 saturated carbocycles. The van der Waals surface area contributed by atoms with Crippen molar-refractivity contribution in [1.82, 2.24) is 0 Å². The molecule has 68 heavy (non-hydrogen) atoms. The van der Waals surface area contributed by atoms with Crippen molar-refractivity contribution in [2.45, 2.75) is 12.3 Å².